The van der Waals surface area contributed by atoms with Crippen LogP contribution >= 0.6 is 0 Å². The summed E-state index contributed by atoms with van der Waals surface area (Å²) in [5, 5.41) is 5.26. The zero-order chi connectivity index (χ0) is 17.1. The minimum Gasteiger partial charge on any atom is -0.497 e. The Morgan fingerprint density at radius 1 is 1.17 bits per heavy atom. The molecule has 2 aromatic carbocycles. The van der Waals surface area contributed by atoms with E-state index < -0.39 is 0 Å². The molecule has 128 valence electrons. The third-order valence-electron chi connectivity index (χ3n) is 4.26. The van der Waals surface area contributed by atoms with Crippen LogP contribution in [-0.2, 0) is 11.3 Å². The highest BCUT2D eigenvalue weighted by atomic mass is 16.5. The number of methoxy groups -OCH3 is 1. The maximum atomic E-state index is 12.4. The predicted molar refractivity (Wildman–Crippen MR) is 94.3 cm³/mol. The zero-order valence-electron chi connectivity index (χ0n) is 14.4. The van der Waals surface area contributed by atoms with Gasteiger partial charge in [0.2, 0.25) is 0 Å². The van der Waals surface area contributed by atoms with Crippen LogP contribution < -0.4 is 10.1 Å². The van der Waals surface area contributed by atoms with Crippen LogP contribution in [0.1, 0.15) is 19.4 Å². The van der Waals surface area contributed by atoms with Gasteiger partial charge in [0, 0.05) is 19.6 Å². The number of morpholine rings is 1. The number of fused-ring (bicyclic) bond motifs is 1. The molecular formula is C19H24N2O3. The summed E-state index contributed by atoms with van der Waals surface area (Å²) in [5.74, 6) is 0.846. The maximum Gasteiger partial charge on any atom is 0.317 e. The van der Waals surface area contributed by atoms with Crippen molar-refractivity contribution in [1.82, 2.24) is 10.2 Å². The highest BCUT2D eigenvalue weighted by Crippen LogP contribution is 2.22. The number of nitrogens with zero attached hydrogens (tertiary/aromatic N) is 1. The number of carbonyl (C=O) groups is 1. The molecule has 2 atom stereocenters. The molecule has 24 heavy (non-hydrogen) atoms. The second kappa shape index (κ2) is 7.09. The summed E-state index contributed by atoms with van der Waals surface area (Å²) < 4.78 is 10.9. The molecule has 0 spiro atoms. The maximum absolute atomic E-state index is 12.4. The van der Waals surface area contributed by atoms with Crippen LogP contribution in [0.25, 0.3) is 10.8 Å². The first kappa shape index (κ1) is 16.6. The lowest BCUT2D eigenvalue weighted by molar-refractivity contribution is -0.0545. The highest BCUT2D eigenvalue weighted by molar-refractivity contribution is 5.84. The summed E-state index contributed by atoms with van der Waals surface area (Å²) in [7, 11) is 1.67. The van der Waals surface area contributed by atoms with Gasteiger partial charge >= 0.3 is 6.03 Å². The molecule has 0 radical (unpaired) electrons. The van der Waals surface area contributed by atoms with Crippen molar-refractivity contribution in [3.63, 3.8) is 0 Å². The van der Waals surface area contributed by atoms with Gasteiger partial charge < -0.3 is 19.7 Å². The van der Waals surface area contributed by atoms with E-state index >= 15 is 0 Å². The monoisotopic (exact) mass is 328 g/mol. The van der Waals surface area contributed by atoms with E-state index in [4.69, 9.17) is 9.47 Å². The summed E-state index contributed by atoms with van der Waals surface area (Å²) in [5.41, 5.74) is 1.08. The SMILES string of the molecule is COc1ccc2cc(CNC(=O)N3CC(C)OC(C)C3)ccc2c1. The molecule has 1 saturated heterocycles. The van der Waals surface area contributed by atoms with Crippen LogP contribution in [-0.4, -0.2) is 43.3 Å². The van der Waals surface area contributed by atoms with Crippen molar-refractivity contribution in [3.05, 3.63) is 42.0 Å². The predicted octanol–water partition coefficient (Wildman–Crippen LogP) is 3.17. The van der Waals surface area contributed by atoms with Gasteiger partial charge in [-0.1, -0.05) is 18.2 Å². The van der Waals surface area contributed by atoms with Crippen molar-refractivity contribution in [3.8, 4) is 5.75 Å². The molecular weight excluding hydrogens is 304 g/mol. The molecule has 2 unspecified atom stereocenters. The number of hydrogen-bond donors (Lipinski definition) is 1. The Kier molecular flexibility index (Phi) is 4.90. The van der Waals surface area contributed by atoms with Gasteiger partial charge in [0.15, 0.2) is 0 Å². The minimum atomic E-state index is -0.0353. The van der Waals surface area contributed by atoms with E-state index in [0.717, 1.165) is 22.1 Å². The molecule has 1 fully saturated rings. The van der Waals surface area contributed by atoms with Gasteiger partial charge in [0.1, 0.15) is 5.75 Å². The molecule has 0 aromatic heterocycles. The van der Waals surface area contributed by atoms with Crippen molar-refractivity contribution in [2.75, 3.05) is 20.2 Å². The second-order valence-electron chi connectivity index (χ2n) is 6.37. The van der Waals surface area contributed by atoms with Gasteiger partial charge in [-0.3, -0.25) is 0 Å². The lowest BCUT2D eigenvalue weighted by Gasteiger charge is -2.35. The summed E-state index contributed by atoms with van der Waals surface area (Å²) in [6.07, 6.45) is 0.158. The van der Waals surface area contributed by atoms with E-state index in [1.807, 2.05) is 43.0 Å². The number of carbonyl (C=O) groups excluding carboxylic acids is 1. The number of ether oxygens (including phenoxy) is 2. The lowest BCUT2D eigenvalue weighted by atomic mass is 10.1. The fourth-order valence-electron chi connectivity index (χ4n) is 3.14. The van der Waals surface area contributed by atoms with Crippen molar-refractivity contribution in [2.24, 2.45) is 0 Å². The molecule has 0 saturated carbocycles. The lowest BCUT2D eigenvalue weighted by Crippen LogP contribution is -2.51. The third-order valence-corrected chi connectivity index (χ3v) is 4.26. The number of rotatable bonds is 3. The van der Waals surface area contributed by atoms with E-state index in [2.05, 4.69) is 17.4 Å². The minimum absolute atomic E-state index is 0.0353. The van der Waals surface area contributed by atoms with Crippen molar-refractivity contribution in [1.29, 1.82) is 0 Å². The van der Waals surface area contributed by atoms with Crippen LogP contribution in [0, 0.1) is 0 Å². The van der Waals surface area contributed by atoms with Crippen LogP contribution in [0.4, 0.5) is 4.79 Å². The molecule has 5 heteroatoms. The van der Waals surface area contributed by atoms with Crippen LogP contribution in [0.3, 0.4) is 0 Å². The standard InChI is InChI=1S/C19H24N2O3/c1-13-11-21(12-14(2)24-13)19(22)20-10-15-4-5-17-9-18(23-3)7-6-16(17)8-15/h4-9,13-14H,10-12H2,1-3H3,(H,20,22). The van der Waals surface area contributed by atoms with E-state index in [9.17, 15) is 4.79 Å². The Morgan fingerprint density at radius 3 is 2.54 bits per heavy atom. The van der Waals surface area contributed by atoms with Crippen LogP contribution in [0.5, 0.6) is 5.75 Å². The van der Waals surface area contributed by atoms with Crippen molar-refractivity contribution < 1.29 is 14.3 Å². The summed E-state index contributed by atoms with van der Waals surface area (Å²) in [4.78, 5) is 14.2. The topological polar surface area (TPSA) is 50.8 Å². The number of benzene rings is 2. The largest absolute Gasteiger partial charge is 0.497 e. The second-order valence-corrected chi connectivity index (χ2v) is 6.37. The summed E-state index contributed by atoms with van der Waals surface area (Å²) >= 11 is 0. The molecule has 5 nitrogen and oxygen atoms in total. The summed E-state index contributed by atoms with van der Waals surface area (Å²) in [6, 6.07) is 12.1. The molecule has 2 amide bonds. The molecule has 0 bridgehead atoms. The number of amides is 2. The third kappa shape index (κ3) is 3.79. The fraction of sp³-hybridized carbons (Fsp3) is 0.421. The van der Waals surface area contributed by atoms with Crippen molar-refractivity contribution in [2.45, 2.75) is 32.6 Å². The molecule has 1 N–H and O–H groups in total. The summed E-state index contributed by atoms with van der Waals surface area (Å²) in [6.45, 7) is 5.77. The van der Waals surface area contributed by atoms with Crippen molar-refractivity contribution >= 4 is 16.8 Å². The Morgan fingerprint density at radius 2 is 1.83 bits per heavy atom. The van der Waals surface area contributed by atoms with E-state index in [1.165, 1.54) is 0 Å². The average Bonchev–Trinajstić information content (AvgIpc) is 2.58. The quantitative estimate of drug-likeness (QED) is 0.941. The van der Waals surface area contributed by atoms with Gasteiger partial charge in [-0.05, 0) is 48.4 Å². The molecule has 3 rings (SSSR count). The van der Waals surface area contributed by atoms with Gasteiger partial charge in [-0.2, -0.15) is 0 Å². The van der Waals surface area contributed by atoms with Gasteiger partial charge in [0.05, 0.1) is 19.3 Å². The van der Waals surface area contributed by atoms with Crippen LogP contribution in [0.2, 0.25) is 0 Å². The molecule has 2 aromatic rings. The first-order valence-corrected chi connectivity index (χ1v) is 8.30. The Balaban J connectivity index is 1.63. The number of urea groups is 1. The van der Waals surface area contributed by atoms with E-state index in [0.29, 0.717) is 19.6 Å². The van der Waals surface area contributed by atoms with Gasteiger partial charge in [0.25, 0.3) is 0 Å². The zero-order valence-corrected chi connectivity index (χ0v) is 14.4. The smallest absolute Gasteiger partial charge is 0.317 e. The van der Waals surface area contributed by atoms with E-state index in [1.54, 1.807) is 7.11 Å². The Hall–Kier alpha value is -2.27. The van der Waals surface area contributed by atoms with Gasteiger partial charge in [-0.15, -0.1) is 0 Å². The Bertz CT molecular complexity index is 722. The van der Waals surface area contributed by atoms with Crippen LogP contribution in [0.15, 0.2) is 36.4 Å². The molecule has 1 aliphatic heterocycles. The normalized spacial score (nSPS) is 20.9. The van der Waals surface area contributed by atoms with E-state index in [-0.39, 0.29) is 18.2 Å². The first-order valence-electron chi connectivity index (χ1n) is 8.30. The van der Waals surface area contributed by atoms with Gasteiger partial charge in [-0.25, -0.2) is 4.79 Å². The number of nitrogens with one attached hydrogen (secondary N) is 1. The molecule has 0 aliphatic carbocycles. The highest BCUT2D eigenvalue weighted by Gasteiger charge is 2.25. The Labute approximate surface area is 142 Å². The first-order chi connectivity index (χ1) is 11.5. The molecule has 1 heterocycles. The molecule has 1 aliphatic rings. The fourth-order valence-corrected chi connectivity index (χ4v) is 3.14. The number of hydrogen-bond acceptors (Lipinski definition) is 3. The average molecular weight is 328 g/mol.